The standard InChI is InChI=1S/C16H15N5O3/c1-20-14-11(15(23)21(2)16(20)24)9(8-6-4-3-5-7-8)10(13(18)22)12(17)19-14/h3-7H,1-2H3,(H2,17,19)(H2,18,22). The van der Waals surface area contributed by atoms with Gasteiger partial charge in [-0.15, -0.1) is 0 Å². The number of amides is 1. The quantitative estimate of drug-likeness (QED) is 0.685. The maximum Gasteiger partial charge on any atom is 0.332 e. The van der Waals surface area contributed by atoms with Crippen LogP contribution in [0, 0.1) is 0 Å². The molecule has 0 saturated heterocycles. The van der Waals surface area contributed by atoms with Crippen molar-refractivity contribution in [3.8, 4) is 11.1 Å². The predicted octanol–water partition coefficient (Wildman–Crippen LogP) is -0.0197. The fourth-order valence-electron chi connectivity index (χ4n) is 2.75. The molecule has 1 aromatic carbocycles. The second-order valence-electron chi connectivity index (χ2n) is 5.38. The molecular weight excluding hydrogens is 310 g/mol. The van der Waals surface area contributed by atoms with Crippen LogP contribution in [-0.4, -0.2) is 20.0 Å². The number of hydrogen-bond donors (Lipinski definition) is 2. The van der Waals surface area contributed by atoms with Gasteiger partial charge in [0.1, 0.15) is 5.82 Å². The number of primary amides is 1. The molecule has 4 N–H and O–H groups in total. The van der Waals surface area contributed by atoms with Crippen LogP contribution in [0.5, 0.6) is 0 Å². The van der Waals surface area contributed by atoms with Gasteiger partial charge >= 0.3 is 5.69 Å². The van der Waals surface area contributed by atoms with Gasteiger partial charge in [-0.1, -0.05) is 30.3 Å². The Morgan fingerprint density at radius 2 is 1.71 bits per heavy atom. The van der Waals surface area contributed by atoms with E-state index in [4.69, 9.17) is 11.5 Å². The molecule has 0 unspecified atom stereocenters. The first kappa shape index (κ1) is 15.5. The topological polar surface area (TPSA) is 126 Å². The molecule has 8 heteroatoms. The van der Waals surface area contributed by atoms with E-state index in [1.54, 1.807) is 30.3 Å². The van der Waals surface area contributed by atoms with Crippen LogP contribution in [0.1, 0.15) is 10.4 Å². The average molecular weight is 325 g/mol. The van der Waals surface area contributed by atoms with Gasteiger partial charge in [0.2, 0.25) is 0 Å². The van der Waals surface area contributed by atoms with Gasteiger partial charge in [0.25, 0.3) is 11.5 Å². The van der Waals surface area contributed by atoms with Crippen molar-refractivity contribution >= 4 is 22.8 Å². The zero-order valence-corrected chi connectivity index (χ0v) is 13.1. The second kappa shape index (κ2) is 5.34. The molecule has 0 aliphatic carbocycles. The van der Waals surface area contributed by atoms with E-state index in [1.807, 2.05) is 0 Å². The van der Waals surface area contributed by atoms with Crippen LogP contribution in [0.25, 0.3) is 22.2 Å². The summed E-state index contributed by atoms with van der Waals surface area (Å²) in [7, 11) is 2.84. The monoisotopic (exact) mass is 325 g/mol. The molecule has 0 aliphatic heterocycles. The smallest absolute Gasteiger partial charge is 0.332 e. The lowest BCUT2D eigenvalue weighted by molar-refractivity contribution is 0.100. The van der Waals surface area contributed by atoms with E-state index in [0.29, 0.717) is 5.56 Å². The highest BCUT2D eigenvalue weighted by molar-refractivity contribution is 6.10. The number of aryl methyl sites for hydroxylation is 1. The number of aromatic nitrogens is 3. The van der Waals surface area contributed by atoms with E-state index in [-0.39, 0.29) is 28.0 Å². The summed E-state index contributed by atoms with van der Waals surface area (Å²) >= 11 is 0. The first-order valence-electron chi connectivity index (χ1n) is 7.09. The van der Waals surface area contributed by atoms with Crippen LogP contribution in [0.4, 0.5) is 5.82 Å². The minimum absolute atomic E-state index is 0.0375. The summed E-state index contributed by atoms with van der Waals surface area (Å²) in [5.41, 5.74) is 11.2. The number of rotatable bonds is 2. The van der Waals surface area contributed by atoms with E-state index in [1.165, 1.54) is 18.7 Å². The summed E-state index contributed by atoms with van der Waals surface area (Å²) in [5, 5.41) is 0.119. The molecule has 2 aromatic heterocycles. The molecular formula is C16H15N5O3. The molecule has 0 spiro atoms. The number of hydrogen-bond acceptors (Lipinski definition) is 5. The van der Waals surface area contributed by atoms with Crippen molar-refractivity contribution in [2.24, 2.45) is 19.8 Å². The van der Waals surface area contributed by atoms with Crippen molar-refractivity contribution in [3.05, 3.63) is 56.7 Å². The molecule has 0 radical (unpaired) electrons. The Morgan fingerprint density at radius 1 is 1.08 bits per heavy atom. The Labute approximate surface area is 136 Å². The molecule has 0 saturated carbocycles. The average Bonchev–Trinajstić information content (AvgIpc) is 2.57. The van der Waals surface area contributed by atoms with E-state index in [2.05, 4.69) is 4.98 Å². The Bertz CT molecular complexity index is 1100. The van der Waals surface area contributed by atoms with Gasteiger partial charge in [-0.25, -0.2) is 9.78 Å². The molecule has 2 heterocycles. The lowest BCUT2D eigenvalue weighted by Gasteiger charge is -2.15. The highest BCUT2D eigenvalue weighted by Gasteiger charge is 2.23. The van der Waals surface area contributed by atoms with Crippen LogP contribution >= 0.6 is 0 Å². The van der Waals surface area contributed by atoms with Gasteiger partial charge in [-0.3, -0.25) is 18.7 Å². The number of carbonyl (C=O) groups excluding carboxylic acids is 1. The normalized spacial score (nSPS) is 10.9. The highest BCUT2D eigenvalue weighted by atomic mass is 16.2. The lowest BCUT2D eigenvalue weighted by Crippen LogP contribution is -2.38. The first-order chi connectivity index (χ1) is 11.3. The molecule has 0 aliphatic rings. The molecule has 8 nitrogen and oxygen atoms in total. The van der Waals surface area contributed by atoms with Gasteiger partial charge < -0.3 is 11.5 Å². The maximum atomic E-state index is 12.7. The zero-order chi connectivity index (χ0) is 17.6. The third kappa shape index (κ3) is 2.08. The summed E-state index contributed by atoms with van der Waals surface area (Å²) in [6.07, 6.45) is 0. The minimum Gasteiger partial charge on any atom is -0.383 e. The molecule has 3 aromatic rings. The SMILES string of the molecule is Cn1c(=O)c2c(-c3ccccc3)c(C(N)=O)c(N)nc2n(C)c1=O. The lowest BCUT2D eigenvalue weighted by atomic mass is 9.97. The summed E-state index contributed by atoms with van der Waals surface area (Å²) in [6.45, 7) is 0. The van der Waals surface area contributed by atoms with Gasteiger partial charge in [-0.2, -0.15) is 0 Å². The summed E-state index contributed by atoms with van der Waals surface area (Å²) in [5.74, 6) is -0.922. The fraction of sp³-hybridized carbons (Fsp3) is 0.125. The highest BCUT2D eigenvalue weighted by Crippen LogP contribution is 2.31. The third-order valence-electron chi connectivity index (χ3n) is 3.93. The van der Waals surface area contributed by atoms with Crippen molar-refractivity contribution in [1.82, 2.24) is 14.1 Å². The van der Waals surface area contributed by atoms with Crippen molar-refractivity contribution < 1.29 is 4.79 Å². The third-order valence-corrected chi connectivity index (χ3v) is 3.93. The Morgan fingerprint density at radius 3 is 2.29 bits per heavy atom. The number of carbonyl (C=O) groups is 1. The number of fused-ring (bicyclic) bond motifs is 1. The van der Waals surface area contributed by atoms with Crippen molar-refractivity contribution in [3.63, 3.8) is 0 Å². The van der Waals surface area contributed by atoms with Crippen molar-refractivity contribution in [2.45, 2.75) is 0 Å². The summed E-state index contributed by atoms with van der Waals surface area (Å²) < 4.78 is 2.17. The number of nitrogens with two attached hydrogens (primary N) is 2. The van der Waals surface area contributed by atoms with Crippen LogP contribution in [-0.2, 0) is 14.1 Å². The number of anilines is 1. The zero-order valence-electron chi connectivity index (χ0n) is 13.1. The van der Waals surface area contributed by atoms with Gasteiger partial charge in [0.05, 0.1) is 10.9 Å². The first-order valence-corrected chi connectivity index (χ1v) is 7.09. The molecule has 3 rings (SSSR count). The number of pyridine rings is 1. The molecule has 0 atom stereocenters. The van der Waals surface area contributed by atoms with E-state index < -0.39 is 17.2 Å². The Hall–Kier alpha value is -3.42. The molecule has 0 fully saturated rings. The van der Waals surface area contributed by atoms with Crippen LogP contribution < -0.4 is 22.7 Å². The summed E-state index contributed by atoms with van der Waals surface area (Å²) in [6, 6.07) is 8.77. The Balaban J connectivity index is 2.70. The Kier molecular flexibility index (Phi) is 3.44. The number of benzene rings is 1. The van der Waals surface area contributed by atoms with E-state index in [9.17, 15) is 14.4 Å². The minimum atomic E-state index is -0.795. The van der Waals surface area contributed by atoms with Crippen molar-refractivity contribution in [1.29, 1.82) is 0 Å². The van der Waals surface area contributed by atoms with Gasteiger partial charge in [0, 0.05) is 19.7 Å². The fourth-order valence-corrected chi connectivity index (χ4v) is 2.75. The van der Waals surface area contributed by atoms with E-state index in [0.717, 1.165) is 4.57 Å². The van der Waals surface area contributed by atoms with Crippen LogP contribution in [0.2, 0.25) is 0 Å². The van der Waals surface area contributed by atoms with E-state index >= 15 is 0 Å². The molecule has 122 valence electrons. The molecule has 0 bridgehead atoms. The maximum absolute atomic E-state index is 12.7. The van der Waals surface area contributed by atoms with Crippen molar-refractivity contribution in [2.75, 3.05) is 5.73 Å². The van der Waals surface area contributed by atoms with Gasteiger partial charge in [-0.05, 0) is 5.56 Å². The second-order valence-corrected chi connectivity index (χ2v) is 5.38. The number of nitrogens with zero attached hydrogens (tertiary/aromatic N) is 3. The molecule has 1 amide bonds. The predicted molar refractivity (Wildman–Crippen MR) is 90.6 cm³/mol. The van der Waals surface area contributed by atoms with Gasteiger partial charge in [0.15, 0.2) is 5.65 Å². The van der Waals surface area contributed by atoms with Crippen LogP contribution in [0.15, 0.2) is 39.9 Å². The molecule has 24 heavy (non-hydrogen) atoms. The summed E-state index contributed by atoms with van der Waals surface area (Å²) in [4.78, 5) is 40.8. The number of nitrogen functional groups attached to an aromatic ring is 1. The van der Waals surface area contributed by atoms with Crippen LogP contribution in [0.3, 0.4) is 0 Å². The largest absolute Gasteiger partial charge is 0.383 e.